The zero-order chi connectivity index (χ0) is 14.5. The molecular formula is C15H16ClN3O. The van der Waals surface area contributed by atoms with E-state index in [0.717, 1.165) is 17.8 Å². The Hall–Kier alpha value is -2.07. The number of halogens is 1. The van der Waals surface area contributed by atoms with Crippen molar-refractivity contribution >= 4 is 28.9 Å². The molecule has 0 atom stereocenters. The fraction of sp³-hybridized carbons (Fsp3) is 0.200. The van der Waals surface area contributed by atoms with Gasteiger partial charge in [0.05, 0.1) is 0 Å². The number of carbonyl (C=O) groups is 1. The molecule has 20 heavy (non-hydrogen) atoms. The Morgan fingerprint density at radius 1 is 1.35 bits per heavy atom. The van der Waals surface area contributed by atoms with Gasteiger partial charge in [-0.15, -0.1) is 0 Å². The number of hydrogen-bond acceptors (Lipinski definition) is 3. The molecule has 0 aliphatic rings. The van der Waals surface area contributed by atoms with Gasteiger partial charge in [0.15, 0.2) is 0 Å². The van der Waals surface area contributed by atoms with Gasteiger partial charge in [-0.05, 0) is 43.7 Å². The number of aromatic nitrogens is 1. The average molecular weight is 290 g/mol. The molecule has 1 heterocycles. The van der Waals surface area contributed by atoms with E-state index in [2.05, 4.69) is 15.6 Å². The first-order valence-electron chi connectivity index (χ1n) is 6.38. The van der Waals surface area contributed by atoms with Crippen LogP contribution in [0.3, 0.4) is 0 Å². The van der Waals surface area contributed by atoms with Crippen LogP contribution in [-0.2, 0) is 0 Å². The Kier molecular flexibility index (Phi) is 4.58. The molecule has 0 aliphatic heterocycles. The molecule has 0 spiro atoms. The van der Waals surface area contributed by atoms with E-state index in [-0.39, 0.29) is 5.91 Å². The minimum Gasteiger partial charge on any atom is -0.385 e. The number of pyridine rings is 1. The molecule has 0 saturated carbocycles. The fourth-order valence-corrected chi connectivity index (χ4v) is 1.97. The summed E-state index contributed by atoms with van der Waals surface area (Å²) in [5, 5.41) is 6.59. The molecule has 4 nitrogen and oxygen atoms in total. The number of anilines is 2. The minimum absolute atomic E-state index is 0.255. The summed E-state index contributed by atoms with van der Waals surface area (Å²) in [5.41, 5.74) is 2.77. The van der Waals surface area contributed by atoms with Gasteiger partial charge in [-0.2, -0.15) is 0 Å². The van der Waals surface area contributed by atoms with E-state index in [1.165, 1.54) is 0 Å². The van der Waals surface area contributed by atoms with Gasteiger partial charge in [0.25, 0.3) is 5.91 Å². The fourth-order valence-electron chi connectivity index (χ4n) is 1.80. The SMILES string of the molecule is CCNc1ccnc(C(=O)Nc2cccc(Cl)c2C)c1. The lowest BCUT2D eigenvalue weighted by Crippen LogP contribution is -2.14. The first-order valence-corrected chi connectivity index (χ1v) is 6.76. The number of hydrogen-bond donors (Lipinski definition) is 2. The minimum atomic E-state index is -0.255. The second kappa shape index (κ2) is 6.39. The third-order valence-electron chi connectivity index (χ3n) is 2.89. The first kappa shape index (κ1) is 14.3. The maximum atomic E-state index is 12.2. The summed E-state index contributed by atoms with van der Waals surface area (Å²) in [6, 6.07) is 8.95. The maximum absolute atomic E-state index is 12.2. The molecule has 1 aromatic carbocycles. The van der Waals surface area contributed by atoms with Gasteiger partial charge in [-0.25, -0.2) is 0 Å². The monoisotopic (exact) mass is 289 g/mol. The average Bonchev–Trinajstić information content (AvgIpc) is 2.44. The molecule has 5 heteroatoms. The number of nitrogens with one attached hydrogen (secondary N) is 2. The van der Waals surface area contributed by atoms with Gasteiger partial charge in [-0.1, -0.05) is 17.7 Å². The lowest BCUT2D eigenvalue weighted by atomic mass is 10.2. The van der Waals surface area contributed by atoms with Crippen LogP contribution >= 0.6 is 11.6 Å². The largest absolute Gasteiger partial charge is 0.385 e. The summed E-state index contributed by atoms with van der Waals surface area (Å²) in [5.74, 6) is -0.255. The Morgan fingerprint density at radius 2 is 2.15 bits per heavy atom. The number of rotatable bonds is 4. The van der Waals surface area contributed by atoms with E-state index in [0.29, 0.717) is 16.4 Å². The Balaban J connectivity index is 2.19. The summed E-state index contributed by atoms with van der Waals surface area (Å²) in [4.78, 5) is 16.3. The summed E-state index contributed by atoms with van der Waals surface area (Å²) < 4.78 is 0. The van der Waals surface area contributed by atoms with Crippen LogP contribution < -0.4 is 10.6 Å². The highest BCUT2D eigenvalue weighted by atomic mass is 35.5. The third-order valence-corrected chi connectivity index (χ3v) is 3.30. The van der Waals surface area contributed by atoms with E-state index >= 15 is 0 Å². The van der Waals surface area contributed by atoms with Gasteiger partial charge < -0.3 is 10.6 Å². The Bertz CT molecular complexity index is 628. The van der Waals surface area contributed by atoms with Crippen molar-refractivity contribution in [2.75, 3.05) is 17.2 Å². The van der Waals surface area contributed by atoms with Gasteiger partial charge in [0.1, 0.15) is 5.69 Å². The normalized spacial score (nSPS) is 10.2. The highest BCUT2D eigenvalue weighted by Crippen LogP contribution is 2.23. The number of benzene rings is 1. The molecule has 2 rings (SSSR count). The highest BCUT2D eigenvalue weighted by Gasteiger charge is 2.10. The van der Waals surface area contributed by atoms with Gasteiger partial charge >= 0.3 is 0 Å². The van der Waals surface area contributed by atoms with Crippen LogP contribution in [0.4, 0.5) is 11.4 Å². The first-order chi connectivity index (χ1) is 9.61. The lowest BCUT2D eigenvalue weighted by Gasteiger charge is -2.10. The molecule has 0 unspecified atom stereocenters. The van der Waals surface area contributed by atoms with Gasteiger partial charge in [0, 0.05) is 29.1 Å². The molecule has 104 valence electrons. The van der Waals surface area contributed by atoms with Crippen molar-refractivity contribution in [3.05, 3.63) is 52.8 Å². The van der Waals surface area contributed by atoms with Crippen molar-refractivity contribution in [1.82, 2.24) is 4.98 Å². The Morgan fingerprint density at radius 3 is 2.90 bits per heavy atom. The van der Waals surface area contributed by atoms with Crippen LogP contribution in [0.1, 0.15) is 23.0 Å². The Labute approximate surface area is 123 Å². The van der Waals surface area contributed by atoms with Crippen molar-refractivity contribution in [2.24, 2.45) is 0 Å². The van der Waals surface area contributed by atoms with Crippen LogP contribution in [0, 0.1) is 6.92 Å². The van der Waals surface area contributed by atoms with Crippen molar-refractivity contribution in [3.8, 4) is 0 Å². The maximum Gasteiger partial charge on any atom is 0.274 e. The molecule has 0 fully saturated rings. The summed E-state index contributed by atoms with van der Waals surface area (Å²) in [7, 11) is 0. The lowest BCUT2D eigenvalue weighted by molar-refractivity contribution is 0.102. The number of carbonyl (C=O) groups excluding carboxylic acids is 1. The third kappa shape index (κ3) is 3.27. The van der Waals surface area contributed by atoms with Crippen molar-refractivity contribution in [3.63, 3.8) is 0 Å². The highest BCUT2D eigenvalue weighted by molar-refractivity contribution is 6.31. The van der Waals surface area contributed by atoms with Crippen LogP contribution in [0.15, 0.2) is 36.5 Å². The van der Waals surface area contributed by atoms with Crippen molar-refractivity contribution in [1.29, 1.82) is 0 Å². The number of amides is 1. The molecule has 0 saturated heterocycles. The van der Waals surface area contributed by atoms with Crippen LogP contribution in [0.5, 0.6) is 0 Å². The van der Waals surface area contributed by atoms with E-state index in [1.54, 1.807) is 24.4 Å². The predicted octanol–water partition coefficient (Wildman–Crippen LogP) is 3.73. The predicted molar refractivity (Wildman–Crippen MR) is 82.5 cm³/mol. The standard InChI is InChI=1S/C15H16ClN3O/c1-3-17-11-7-8-18-14(9-11)15(20)19-13-6-4-5-12(16)10(13)2/h4-9H,3H2,1-2H3,(H,17,18)(H,19,20). The van der Waals surface area contributed by atoms with Crippen molar-refractivity contribution in [2.45, 2.75) is 13.8 Å². The van der Waals surface area contributed by atoms with Gasteiger partial charge in [-0.3, -0.25) is 9.78 Å². The molecule has 0 radical (unpaired) electrons. The van der Waals surface area contributed by atoms with Gasteiger partial charge in [0.2, 0.25) is 0 Å². The number of nitrogens with zero attached hydrogens (tertiary/aromatic N) is 1. The molecular weight excluding hydrogens is 274 g/mol. The summed E-state index contributed by atoms with van der Waals surface area (Å²) in [6.45, 7) is 4.65. The molecule has 2 N–H and O–H groups in total. The van der Waals surface area contributed by atoms with E-state index in [1.807, 2.05) is 26.0 Å². The smallest absolute Gasteiger partial charge is 0.274 e. The second-order valence-corrected chi connectivity index (χ2v) is 4.73. The molecule has 0 bridgehead atoms. The van der Waals surface area contributed by atoms with E-state index in [9.17, 15) is 4.79 Å². The van der Waals surface area contributed by atoms with E-state index in [4.69, 9.17) is 11.6 Å². The molecule has 1 aromatic heterocycles. The topological polar surface area (TPSA) is 54.0 Å². The molecule has 1 amide bonds. The second-order valence-electron chi connectivity index (χ2n) is 4.33. The van der Waals surface area contributed by atoms with E-state index < -0.39 is 0 Å². The quantitative estimate of drug-likeness (QED) is 0.902. The van der Waals surface area contributed by atoms with Crippen LogP contribution in [-0.4, -0.2) is 17.4 Å². The molecule has 2 aromatic rings. The zero-order valence-electron chi connectivity index (χ0n) is 11.4. The summed E-state index contributed by atoms with van der Waals surface area (Å²) >= 11 is 6.03. The van der Waals surface area contributed by atoms with Crippen LogP contribution in [0.25, 0.3) is 0 Å². The van der Waals surface area contributed by atoms with Crippen LogP contribution in [0.2, 0.25) is 5.02 Å². The van der Waals surface area contributed by atoms with Crippen molar-refractivity contribution < 1.29 is 4.79 Å². The summed E-state index contributed by atoms with van der Waals surface area (Å²) in [6.07, 6.45) is 1.61. The molecule has 0 aliphatic carbocycles. The zero-order valence-corrected chi connectivity index (χ0v) is 12.2.